The average molecular weight is 370 g/mol. The maximum Gasteiger partial charge on any atom is 0.255 e. The first-order valence-corrected chi connectivity index (χ1v) is 9.89. The average Bonchev–Trinajstić information content (AvgIpc) is 2.66. The second-order valence-corrected chi connectivity index (χ2v) is 6.93. The van der Waals surface area contributed by atoms with Crippen LogP contribution in [0.15, 0.2) is 48.5 Å². The van der Waals surface area contributed by atoms with Crippen molar-refractivity contribution in [3.63, 3.8) is 0 Å². The zero-order valence-electron chi connectivity index (χ0n) is 16.7. The van der Waals surface area contributed by atoms with Crippen molar-refractivity contribution >= 4 is 11.6 Å². The van der Waals surface area contributed by atoms with E-state index in [1.165, 1.54) is 25.7 Å². The molecule has 2 aromatic rings. The molecule has 2 aromatic carbocycles. The molecule has 4 nitrogen and oxygen atoms in total. The van der Waals surface area contributed by atoms with Crippen molar-refractivity contribution in [1.29, 1.82) is 0 Å². The van der Waals surface area contributed by atoms with Crippen molar-refractivity contribution in [2.24, 2.45) is 0 Å². The van der Waals surface area contributed by atoms with E-state index in [1.54, 1.807) is 12.1 Å². The summed E-state index contributed by atoms with van der Waals surface area (Å²) in [6, 6.07) is 14.7. The number of nitrogens with one attached hydrogen (secondary N) is 1. The van der Waals surface area contributed by atoms with Crippen molar-refractivity contribution in [1.82, 2.24) is 0 Å². The van der Waals surface area contributed by atoms with Crippen LogP contribution in [0, 0.1) is 0 Å². The van der Waals surface area contributed by atoms with Crippen molar-refractivity contribution in [2.75, 3.05) is 11.9 Å². The van der Waals surface area contributed by atoms with Crippen LogP contribution in [0.1, 0.15) is 63.2 Å². The van der Waals surface area contributed by atoms with Gasteiger partial charge < -0.3 is 14.8 Å². The molecule has 0 saturated heterocycles. The van der Waals surface area contributed by atoms with Crippen LogP contribution >= 0.6 is 0 Å². The van der Waals surface area contributed by atoms with Crippen molar-refractivity contribution < 1.29 is 14.3 Å². The molecular formula is C23H31NO3. The zero-order chi connectivity index (χ0) is 19.5. The van der Waals surface area contributed by atoms with Gasteiger partial charge in [0.2, 0.25) is 0 Å². The number of amides is 1. The molecule has 2 rings (SSSR count). The first kappa shape index (κ1) is 20.8. The fourth-order valence-electron chi connectivity index (χ4n) is 2.69. The molecule has 0 unspecified atom stereocenters. The largest absolute Gasteiger partial charge is 0.494 e. The quantitative estimate of drug-likeness (QED) is 0.489. The molecule has 0 aliphatic carbocycles. The number of hydrogen-bond acceptors (Lipinski definition) is 3. The van der Waals surface area contributed by atoms with Crippen LogP contribution in [-0.4, -0.2) is 18.6 Å². The molecule has 1 N–H and O–H groups in total. The molecule has 0 bridgehead atoms. The highest BCUT2D eigenvalue weighted by atomic mass is 16.5. The topological polar surface area (TPSA) is 47.6 Å². The third-order valence-corrected chi connectivity index (χ3v) is 4.12. The van der Waals surface area contributed by atoms with Crippen LogP contribution in [0.3, 0.4) is 0 Å². The van der Waals surface area contributed by atoms with Gasteiger partial charge in [0, 0.05) is 11.3 Å². The monoisotopic (exact) mass is 369 g/mol. The summed E-state index contributed by atoms with van der Waals surface area (Å²) >= 11 is 0. The van der Waals surface area contributed by atoms with Crippen molar-refractivity contribution in [2.45, 2.75) is 59.0 Å². The van der Waals surface area contributed by atoms with E-state index in [0.29, 0.717) is 5.56 Å². The van der Waals surface area contributed by atoms with Gasteiger partial charge in [-0.15, -0.1) is 0 Å². The molecule has 0 atom stereocenters. The number of hydrogen-bond donors (Lipinski definition) is 1. The number of carbonyl (C=O) groups excluding carboxylic acids is 1. The third kappa shape index (κ3) is 7.73. The zero-order valence-corrected chi connectivity index (χ0v) is 16.7. The highest BCUT2D eigenvalue weighted by Crippen LogP contribution is 2.18. The fourth-order valence-corrected chi connectivity index (χ4v) is 2.69. The molecule has 0 aliphatic rings. The Kier molecular flexibility index (Phi) is 8.69. The van der Waals surface area contributed by atoms with Gasteiger partial charge in [-0.05, 0) is 68.8 Å². The molecule has 27 heavy (non-hydrogen) atoms. The van der Waals surface area contributed by atoms with E-state index >= 15 is 0 Å². The number of carbonyl (C=O) groups is 1. The highest BCUT2D eigenvalue weighted by molar-refractivity contribution is 6.04. The lowest BCUT2D eigenvalue weighted by Crippen LogP contribution is -2.12. The molecular weight excluding hydrogens is 338 g/mol. The standard InChI is InChI=1S/C23H31NO3/c1-4-5-6-7-8-17-26-21-13-9-19(10-14-21)23(25)24-20-11-15-22(16-12-20)27-18(2)3/h9-16,18H,4-8,17H2,1-3H3,(H,24,25). The Morgan fingerprint density at radius 3 is 2.15 bits per heavy atom. The summed E-state index contributed by atoms with van der Waals surface area (Å²) in [7, 11) is 0. The Hall–Kier alpha value is -2.49. The Morgan fingerprint density at radius 2 is 1.52 bits per heavy atom. The van der Waals surface area contributed by atoms with Gasteiger partial charge in [0.25, 0.3) is 5.91 Å². The van der Waals surface area contributed by atoms with Gasteiger partial charge in [-0.1, -0.05) is 32.6 Å². The van der Waals surface area contributed by atoms with Gasteiger partial charge in [0.1, 0.15) is 11.5 Å². The van der Waals surface area contributed by atoms with E-state index < -0.39 is 0 Å². The van der Waals surface area contributed by atoms with Crippen LogP contribution in [0.5, 0.6) is 11.5 Å². The smallest absolute Gasteiger partial charge is 0.255 e. The van der Waals surface area contributed by atoms with E-state index in [-0.39, 0.29) is 12.0 Å². The summed E-state index contributed by atoms with van der Waals surface area (Å²) in [5.41, 5.74) is 1.34. The second-order valence-electron chi connectivity index (χ2n) is 6.93. The maximum atomic E-state index is 12.4. The Bertz CT molecular complexity index is 678. The third-order valence-electron chi connectivity index (χ3n) is 4.12. The van der Waals surface area contributed by atoms with Gasteiger partial charge in [0.05, 0.1) is 12.7 Å². The van der Waals surface area contributed by atoms with Crippen molar-refractivity contribution in [3.8, 4) is 11.5 Å². The first-order valence-electron chi connectivity index (χ1n) is 9.89. The molecule has 0 radical (unpaired) electrons. The number of unbranched alkanes of at least 4 members (excludes halogenated alkanes) is 4. The molecule has 1 amide bonds. The van der Waals surface area contributed by atoms with E-state index in [0.717, 1.165) is 30.2 Å². The minimum absolute atomic E-state index is 0.127. The maximum absolute atomic E-state index is 12.4. The highest BCUT2D eigenvalue weighted by Gasteiger charge is 2.07. The van der Waals surface area contributed by atoms with Crippen LogP contribution in [0.2, 0.25) is 0 Å². The Morgan fingerprint density at radius 1 is 0.889 bits per heavy atom. The van der Waals surface area contributed by atoms with E-state index in [4.69, 9.17) is 9.47 Å². The van der Waals surface area contributed by atoms with Crippen LogP contribution in [0.4, 0.5) is 5.69 Å². The summed E-state index contributed by atoms with van der Waals surface area (Å²) in [6.07, 6.45) is 6.21. The van der Waals surface area contributed by atoms with E-state index in [9.17, 15) is 4.79 Å². The first-order chi connectivity index (χ1) is 13.1. The summed E-state index contributed by atoms with van der Waals surface area (Å²) in [6.45, 7) is 6.90. The summed E-state index contributed by atoms with van der Waals surface area (Å²) in [5, 5.41) is 2.89. The predicted molar refractivity (Wildman–Crippen MR) is 111 cm³/mol. The molecule has 0 fully saturated rings. The predicted octanol–water partition coefficient (Wildman–Crippen LogP) is 6.08. The van der Waals surface area contributed by atoms with Crippen LogP contribution in [0.25, 0.3) is 0 Å². The molecule has 0 spiro atoms. The van der Waals surface area contributed by atoms with Gasteiger partial charge in [-0.3, -0.25) is 4.79 Å². The molecule has 0 saturated carbocycles. The molecule has 0 heterocycles. The van der Waals surface area contributed by atoms with Gasteiger partial charge in [-0.2, -0.15) is 0 Å². The number of rotatable bonds is 11. The minimum Gasteiger partial charge on any atom is -0.494 e. The summed E-state index contributed by atoms with van der Waals surface area (Å²) in [4.78, 5) is 12.4. The molecule has 0 aromatic heterocycles. The summed E-state index contributed by atoms with van der Waals surface area (Å²) < 4.78 is 11.3. The van der Waals surface area contributed by atoms with E-state index in [2.05, 4.69) is 12.2 Å². The number of anilines is 1. The van der Waals surface area contributed by atoms with Gasteiger partial charge in [0.15, 0.2) is 0 Å². The van der Waals surface area contributed by atoms with Crippen LogP contribution in [-0.2, 0) is 0 Å². The SMILES string of the molecule is CCCCCCCOc1ccc(C(=O)Nc2ccc(OC(C)C)cc2)cc1. The Labute approximate surface area is 162 Å². The number of ether oxygens (including phenoxy) is 2. The summed E-state index contributed by atoms with van der Waals surface area (Å²) in [5.74, 6) is 1.45. The minimum atomic E-state index is -0.140. The van der Waals surface area contributed by atoms with Crippen molar-refractivity contribution in [3.05, 3.63) is 54.1 Å². The number of benzene rings is 2. The normalized spacial score (nSPS) is 10.7. The lowest BCUT2D eigenvalue weighted by atomic mass is 10.1. The molecule has 0 aliphatic heterocycles. The van der Waals surface area contributed by atoms with Crippen LogP contribution < -0.4 is 14.8 Å². The Balaban J connectivity index is 1.79. The lowest BCUT2D eigenvalue weighted by Gasteiger charge is -2.11. The van der Waals surface area contributed by atoms with Gasteiger partial charge in [-0.25, -0.2) is 0 Å². The van der Waals surface area contributed by atoms with E-state index in [1.807, 2.05) is 50.2 Å². The molecule has 4 heteroatoms. The second kappa shape index (κ2) is 11.3. The molecule has 146 valence electrons. The fraction of sp³-hybridized carbons (Fsp3) is 0.435. The van der Waals surface area contributed by atoms with Gasteiger partial charge >= 0.3 is 0 Å². The lowest BCUT2D eigenvalue weighted by molar-refractivity contribution is 0.102.